The number of nitrogens with one attached hydrogen (secondary N) is 1. The van der Waals surface area contributed by atoms with Gasteiger partial charge in [0.05, 0.1) is 0 Å². The zero-order valence-electron chi connectivity index (χ0n) is 16.5. The van der Waals surface area contributed by atoms with E-state index in [0.29, 0.717) is 26.9 Å². The highest BCUT2D eigenvalue weighted by Gasteiger charge is 2.41. The molecule has 9 nitrogen and oxygen atoms in total. The van der Waals surface area contributed by atoms with Crippen molar-refractivity contribution in [2.75, 3.05) is 6.79 Å². The molecule has 32 heavy (non-hydrogen) atoms. The van der Waals surface area contributed by atoms with Crippen LogP contribution in [0.15, 0.2) is 42.5 Å². The fourth-order valence-corrected chi connectivity index (χ4v) is 3.52. The molecule has 1 saturated heterocycles. The van der Waals surface area contributed by atoms with Gasteiger partial charge in [-0.1, -0.05) is 41.4 Å². The Morgan fingerprint density at radius 1 is 1.03 bits per heavy atom. The van der Waals surface area contributed by atoms with Gasteiger partial charge in [-0.05, 0) is 29.8 Å². The van der Waals surface area contributed by atoms with E-state index in [4.69, 9.17) is 42.5 Å². The molecule has 0 radical (unpaired) electrons. The average molecular weight is 484 g/mol. The molecule has 1 fully saturated rings. The van der Waals surface area contributed by atoms with E-state index in [1.54, 1.807) is 42.5 Å². The Labute approximate surface area is 192 Å². The van der Waals surface area contributed by atoms with Gasteiger partial charge in [-0.3, -0.25) is 4.79 Å². The summed E-state index contributed by atoms with van der Waals surface area (Å²) in [5.41, 5.74) is 1.26. The lowest BCUT2D eigenvalue weighted by atomic mass is 10.0. The smallest absolute Gasteiger partial charge is 0.336 e. The third-order valence-electron chi connectivity index (χ3n) is 4.69. The summed E-state index contributed by atoms with van der Waals surface area (Å²) < 4.78 is 15.5. The molecule has 1 heterocycles. The van der Waals surface area contributed by atoms with Crippen LogP contribution in [0, 0.1) is 0 Å². The van der Waals surface area contributed by atoms with Crippen molar-refractivity contribution < 1.29 is 38.8 Å². The number of ether oxygens (including phenoxy) is 3. The highest BCUT2D eigenvalue weighted by molar-refractivity contribution is 6.35. The standard InChI is InChI=1S/C21H19Cl2NO8/c22-14-2-1-3-15(23)13(14)9-30-12-6-4-11(5-7-12)8-16(20(26)27)24-19(25)17-18(21(28)29)32-10-31-17/h1-7,16-18H,8-10H2,(H,24,25)(H,26,27)(H,28,29). The Hall–Kier alpha value is -2.85. The van der Waals surface area contributed by atoms with Crippen LogP contribution in [-0.2, 0) is 36.9 Å². The van der Waals surface area contributed by atoms with Crippen LogP contribution in [-0.4, -0.2) is 53.1 Å². The number of hydrogen-bond acceptors (Lipinski definition) is 6. The summed E-state index contributed by atoms with van der Waals surface area (Å²) in [6.07, 6.45) is -2.96. The molecule has 2 aromatic carbocycles. The molecule has 3 rings (SSSR count). The van der Waals surface area contributed by atoms with E-state index >= 15 is 0 Å². The highest BCUT2D eigenvalue weighted by atomic mass is 35.5. The Morgan fingerprint density at radius 3 is 2.25 bits per heavy atom. The van der Waals surface area contributed by atoms with E-state index in [-0.39, 0.29) is 19.8 Å². The first-order chi connectivity index (χ1) is 15.3. The summed E-state index contributed by atoms with van der Waals surface area (Å²) >= 11 is 12.2. The van der Waals surface area contributed by atoms with Gasteiger partial charge in [0.2, 0.25) is 0 Å². The topological polar surface area (TPSA) is 131 Å². The SMILES string of the molecule is O=C(O)C(Cc1ccc(OCc2c(Cl)cccc2Cl)cc1)NC(=O)C1OCOC1C(=O)O. The van der Waals surface area contributed by atoms with Crippen LogP contribution < -0.4 is 10.1 Å². The van der Waals surface area contributed by atoms with Gasteiger partial charge < -0.3 is 29.7 Å². The number of halogens is 2. The van der Waals surface area contributed by atoms with Crippen LogP contribution >= 0.6 is 23.2 Å². The van der Waals surface area contributed by atoms with E-state index in [2.05, 4.69) is 5.32 Å². The molecule has 170 valence electrons. The summed E-state index contributed by atoms with van der Waals surface area (Å²) in [5.74, 6) is -3.01. The lowest BCUT2D eigenvalue weighted by Crippen LogP contribution is -2.50. The number of amides is 1. The zero-order valence-corrected chi connectivity index (χ0v) is 18.0. The summed E-state index contributed by atoms with van der Waals surface area (Å²) in [6.45, 7) is -0.215. The van der Waals surface area contributed by atoms with E-state index in [1.807, 2.05) is 0 Å². The summed E-state index contributed by atoms with van der Waals surface area (Å²) in [4.78, 5) is 35.0. The van der Waals surface area contributed by atoms with Crippen molar-refractivity contribution >= 4 is 41.0 Å². The highest BCUT2D eigenvalue weighted by Crippen LogP contribution is 2.26. The molecular formula is C21H19Cl2NO8. The third-order valence-corrected chi connectivity index (χ3v) is 5.40. The number of rotatable bonds is 9. The zero-order chi connectivity index (χ0) is 23.3. The molecule has 3 atom stereocenters. The third kappa shape index (κ3) is 5.89. The summed E-state index contributed by atoms with van der Waals surface area (Å²) in [6, 6.07) is 10.4. The Bertz CT molecular complexity index is 978. The largest absolute Gasteiger partial charge is 0.489 e. The summed E-state index contributed by atoms with van der Waals surface area (Å²) in [5, 5.41) is 21.8. The molecule has 0 spiro atoms. The Kier molecular flexibility index (Phi) is 7.92. The van der Waals surface area contributed by atoms with Crippen LogP contribution in [0.5, 0.6) is 5.75 Å². The molecule has 0 aromatic heterocycles. The summed E-state index contributed by atoms with van der Waals surface area (Å²) in [7, 11) is 0. The first kappa shape index (κ1) is 23.8. The van der Waals surface area contributed by atoms with Crippen LogP contribution in [0.1, 0.15) is 11.1 Å². The van der Waals surface area contributed by atoms with E-state index in [1.165, 1.54) is 0 Å². The van der Waals surface area contributed by atoms with Crippen LogP contribution in [0.4, 0.5) is 0 Å². The molecule has 2 aromatic rings. The second-order valence-electron chi connectivity index (χ2n) is 6.87. The molecule has 1 aliphatic rings. The molecular weight excluding hydrogens is 465 g/mol. The molecule has 1 amide bonds. The fraction of sp³-hybridized carbons (Fsp3) is 0.286. The maximum absolute atomic E-state index is 12.3. The number of carboxylic acids is 2. The van der Waals surface area contributed by atoms with E-state index in [9.17, 15) is 19.5 Å². The van der Waals surface area contributed by atoms with E-state index in [0.717, 1.165) is 0 Å². The van der Waals surface area contributed by atoms with Crippen LogP contribution in [0.2, 0.25) is 10.0 Å². The lowest BCUT2D eigenvalue weighted by molar-refractivity contribution is -0.151. The number of benzene rings is 2. The first-order valence-electron chi connectivity index (χ1n) is 9.40. The number of hydrogen-bond donors (Lipinski definition) is 3. The van der Waals surface area contributed by atoms with Crippen molar-refractivity contribution in [1.82, 2.24) is 5.32 Å². The fourth-order valence-electron chi connectivity index (χ4n) is 3.01. The van der Waals surface area contributed by atoms with Gasteiger partial charge >= 0.3 is 11.9 Å². The van der Waals surface area contributed by atoms with Crippen molar-refractivity contribution in [3.05, 3.63) is 63.6 Å². The predicted molar refractivity (Wildman–Crippen MR) is 113 cm³/mol. The van der Waals surface area contributed by atoms with Gasteiger partial charge in [0.15, 0.2) is 12.2 Å². The minimum atomic E-state index is -1.49. The number of carbonyl (C=O) groups excluding carboxylic acids is 1. The first-order valence-corrected chi connectivity index (χ1v) is 10.2. The quantitative estimate of drug-likeness (QED) is 0.495. The monoisotopic (exact) mass is 483 g/mol. The normalized spacial score (nSPS) is 18.7. The van der Waals surface area contributed by atoms with Gasteiger partial charge in [-0.25, -0.2) is 9.59 Å². The van der Waals surface area contributed by atoms with Crippen molar-refractivity contribution in [2.24, 2.45) is 0 Å². The number of carbonyl (C=O) groups is 3. The Balaban J connectivity index is 1.60. The number of carboxylic acid groups (broad SMARTS) is 2. The van der Waals surface area contributed by atoms with Crippen molar-refractivity contribution in [1.29, 1.82) is 0 Å². The molecule has 11 heteroatoms. The van der Waals surface area contributed by atoms with Gasteiger partial charge in [0, 0.05) is 22.0 Å². The van der Waals surface area contributed by atoms with Crippen LogP contribution in [0.3, 0.4) is 0 Å². The van der Waals surface area contributed by atoms with Gasteiger partial charge in [0.1, 0.15) is 25.2 Å². The minimum absolute atomic E-state index is 0.0387. The lowest BCUT2D eigenvalue weighted by Gasteiger charge is -2.18. The van der Waals surface area contributed by atoms with E-state index < -0.39 is 36.1 Å². The van der Waals surface area contributed by atoms with Crippen LogP contribution in [0.25, 0.3) is 0 Å². The molecule has 0 bridgehead atoms. The van der Waals surface area contributed by atoms with Crippen molar-refractivity contribution in [3.63, 3.8) is 0 Å². The van der Waals surface area contributed by atoms with Gasteiger partial charge in [-0.2, -0.15) is 0 Å². The second-order valence-corrected chi connectivity index (χ2v) is 7.68. The van der Waals surface area contributed by atoms with Crippen molar-refractivity contribution in [2.45, 2.75) is 31.3 Å². The maximum atomic E-state index is 12.3. The van der Waals surface area contributed by atoms with Gasteiger partial charge in [-0.15, -0.1) is 0 Å². The minimum Gasteiger partial charge on any atom is -0.489 e. The molecule has 1 aliphatic heterocycles. The predicted octanol–water partition coefficient (Wildman–Crippen LogP) is 2.51. The average Bonchev–Trinajstić information content (AvgIpc) is 3.24. The molecule has 0 saturated carbocycles. The van der Waals surface area contributed by atoms with Gasteiger partial charge in [0.25, 0.3) is 5.91 Å². The molecule has 0 aliphatic carbocycles. The number of aliphatic carboxylic acids is 2. The molecule has 3 unspecified atom stereocenters. The van der Waals surface area contributed by atoms with Crippen molar-refractivity contribution in [3.8, 4) is 5.75 Å². The second kappa shape index (κ2) is 10.6. The maximum Gasteiger partial charge on any atom is 0.336 e. The molecule has 3 N–H and O–H groups in total. The Morgan fingerprint density at radius 2 is 1.66 bits per heavy atom.